The third kappa shape index (κ3) is 4.13. The zero-order valence-electron chi connectivity index (χ0n) is 17.9. The number of H-pyrrole nitrogens is 1. The summed E-state index contributed by atoms with van der Waals surface area (Å²) in [6, 6.07) is 8.03. The van der Waals surface area contributed by atoms with E-state index < -0.39 is 0 Å². The number of aromatic nitrogens is 2. The van der Waals surface area contributed by atoms with Gasteiger partial charge in [-0.2, -0.15) is 0 Å². The number of amides is 2. The summed E-state index contributed by atoms with van der Waals surface area (Å²) in [4.78, 5) is 49.4. The lowest BCUT2D eigenvalue weighted by Gasteiger charge is -2.28. The van der Waals surface area contributed by atoms with Crippen LogP contribution in [0.1, 0.15) is 53.4 Å². The molecule has 5 rings (SSSR count). The number of fused-ring (bicyclic) bond motifs is 1. The zero-order valence-corrected chi connectivity index (χ0v) is 17.9. The van der Waals surface area contributed by atoms with Crippen molar-refractivity contribution in [1.29, 1.82) is 0 Å². The highest BCUT2D eigenvalue weighted by Gasteiger charge is 2.36. The number of hydrogen-bond acceptors (Lipinski definition) is 4. The van der Waals surface area contributed by atoms with Gasteiger partial charge in [0.15, 0.2) is 0 Å². The molecule has 2 aromatic rings. The molecule has 1 saturated heterocycles. The molecule has 1 aromatic carbocycles. The molecular formula is C24H28N4O3. The molecule has 1 aliphatic carbocycles. The van der Waals surface area contributed by atoms with Crippen molar-refractivity contribution in [2.24, 2.45) is 5.92 Å². The maximum Gasteiger partial charge on any atom is 0.254 e. The summed E-state index contributed by atoms with van der Waals surface area (Å²) in [5, 5.41) is 0. The summed E-state index contributed by atoms with van der Waals surface area (Å²) in [5.74, 6) is 1.15. The van der Waals surface area contributed by atoms with Gasteiger partial charge in [-0.15, -0.1) is 0 Å². The lowest BCUT2D eigenvalue weighted by molar-refractivity contribution is -0.133. The maximum absolute atomic E-state index is 12.8. The number of carbonyl (C=O) groups is 2. The van der Waals surface area contributed by atoms with Gasteiger partial charge >= 0.3 is 0 Å². The topological polar surface area (TPSA) is 86.4 Å². The Labute approximate surface area is 181 Å². The summed E-state index contributed by atoms with van der Waals surface area (Å²) in [5.41, 5.74) is 3.50. The Kier molecular flexibility index (Phi) is 5.12. The third-order valence-corrected chi connectivity index (χ3v) is 6.70. The van der Waals surface area contributed by atoms with Crippen LogP contribution in [-0.4, -0.2) is 51.2 Å². The molecule has 2 aliphatic heterocycles. The molecule has 0 spiro atoms. The van der Waals surface area contributed by atoms with Gasteiger partial charge in [-0.1, -0.05) is 29.8 Å². The number of nitrogens with zero attached hydrogens (tertiary/aromatic N) is 3. The predicted octanol–water partition coefficient (Wildman–Crippen LogP) is 1.93. The quantitative estimate of drug-likeness (QED) is 0.819. The Hall–Kier alpha value is -2.96. The van der Waals surface area contributed by atoms with Crippen LogP contribution in [0.2, 0.25) is 0 Å². The van der Waals surface area contributed by atoms with E-state index in [2.05, 4.69) is 4.98 Å². The van der Waals surface area contributed by atoms with Gasteiger partial charge in [0, 0.05) is 37.0 Å². The van der Waals surface area contributed by atoms with E-state index in [1.165, 1.54) is 0 Å². The minimum absolute atomic E-state index is 0.0222. The summed E-state index contributed by atoms with van der Waals surface area (Å²) >= 11 is 0. The van der Waals surface area contributed by atoms with Gasteiger partial charge in [-0.25, -0.2) is 4.98 Å². The maximum atomic E-state index is 12.8. The molecule has 2 amide bonds. The van der Waals surface area contributed by atoms with Crippen molar-refractivity contribution in [3.05, 3.63) is 62.8 Å². The van der Waals surface area contributed by atoms with Crippen LogP contribution in [0.15, 0.2) is 29.1 Å². The molecule has 1 atom stereocenters. The van der Waals surface area contributed by atoms with Crippen molar-refractivity contribution >= 4 is 11.8 Å². The summed E-state index contributed by atoms with van der Waals surface area (Å²) < 4.78 is 0. The first-order valence-corrected chi connectivity index (χ1v) is 11.2. The Bertz CT molecular complexity index is 1090. The van der Waals surface area contributed by atoms with Crippen molar-refractivity contribution in [3.63, 3.8) is 0 Å². The molecule has 3 aliphatic rings. The monoisotopic (exact) mass is 420 g/mol. The van der Waals surface area contributed by atoms with Crippen molar-refractivity contribution in [3.8, 4) is 0 Å². The van der Waals surface area contributed by atoms with Crippen LogP contribution in [0, 0.1) is 12.8 Å². The van der Waals surface area contributed by atoms with Gasteiger partial charge in [0.1, 0.15) is 5.82 Å². The van der Waals surface area contributed by atoms with Crippen LogP contribution >= 0.6 is 0 Å². The number of benzene rings is 1. The van der Waals surface area contributed by atoms with Crippen molar-refractivity contribution in [1.82, 2.24) is 19.8 Å². The number of nitrogens with one attached hydrogen (secondary N) is 1. The second kappa shape index (κ2) is 7.94. The molecule has 1 saturated carbocycles. The number of likely N-dealkylation sites (tertiary alicyclic amines) is 1. The van der Waals surface area contributed by atoms with E-state index in [-0.39, 0.29) is 29.2 Å². The normalized spacial score (nSPS) is 20.6. The first-order chi connectivity index (χ1) is 15.0. The fraction of sp³-hybridized carbons (Fsp3) is 0.500. The van der Waals surface area contributed by atoms with Gasteiger partial charge in [0.25, 0.3) is 5.56 Å². The van der Waals surface area contributed by atoms with E-state index in [1.54, 1.807) is 0 Å². The number of aromatic amines is 1. The number of hydrogen-bond donors (Lipinski definition) is 1. The van der Waals surface area contributed by atoms with E-state index >= 15 is 0 Å². The van der Waals surface area contributed by atoms with Gasteiger partial charge < -0.3 is 14.8 Å². The number of rotatable bonds is 4. The molecule has 3 heterocycles. The van der Waals surface area contributed by atoms with Crippen molar-refractivity contribution < 1.29 is 9.59 Å². The largest absolute Gasteiger partial charge is 0.342 e. The molecule has 7 heteroatoms. The predicted molar refractivity (Wildman–Crippen MR) is 116 cm³/mol. The lowest BCUT2D eigenvalue weighted by atomic mass is 10.0. The first-order valence-electron chi connectivity index (χ1n) is 11.2. The van der Waals surface area contributed by atoms with Crippen LogP contribution in [-0.2, 0) is 29.0 Å². The highest BCUT2D eigenvalue weighted by atomic mass is 16.2. The highest BCUT2D eigenvalue weighted by Crippen LogP contribution is 2.32. The van der Waals surface area contributed by atoms with Gasteiger partial charge in [0.2, 0.25) is 11.8 Å². The Balaban J connectivity index is 1.28. The SMILES string of the molecule is Cc1cccc(CC(=O)N2CCC(c3nc4c(c(=O)[nH]3)CCN(C(=O)C3CC3)C4)C2)c1. The molecular weight excluding hydrogens is 392 g/mol. The molecule has 31 heavy (non-hydrogen) atoms. The minimum atomic E-state index is -0.0944. The number of carbonyl (C=O) groups excluding carboxylic acids is 2. The molecule has 2 fully saturated rings. The van der Waals surface area contributed by atoms with E-state index in [0.29, 0.717) is 50.4 Å². The molecule has 0 radical (unpaired) electrons. The first kappa shape index (κ1) is 20.0. The molecule has 0 bridgehead atoms. The van der Waals surface area contributed by atoms with E-state index in [9.17, 15) is 14.4 Å². The average Bonchev–Trinajstić information content (AvgIpc) is 3.48. The molecule has 1 unspecified atom stereocenters. The van der Waals surface area contributed by atoms with Gasteiger partial charge in [-0.05, 0) is 38.2 Å². The summed E-state index contributed by atoms with van der Waals surface area (Å²) in [6.45, 7) is 4.28. The molecule has 7 nitrogen and oxygen atoms in total. The van der Waals surface area contributed by atoms with Gasteiger partial charge in [-0.3, -0.25) is 14.4 Å². The van der Waals surface area contributed by atoms with E-state index in [1.807, 2.05) is 41.0 Å². The van der Waals surface area contributed by atoms with Crippen LogP contribution in [0.3, 0.4) is 0 Å². The minimum Gasteiger partial charge on any atom is -0.342 e. The van der Waals surface area contributed by atoms with Crippen LogP contribution < -0.4 is 5.56 Å². The summed E-state index contributed by atoms with van der Waals surface area (Å²) in [7, 11) is 0. The average molecular weight is 421 g/mol. The Morgan fingerprint density at radius 3 is 2.77 bits per heavy atom. The van der Waals surface area contributed by atoms with Crippen molar-refractivity contribution in [2.75, 3.05) is 19.6 Å². The highest BCUT2D eigenvalue weighted by molar-refractivity contribution is 5.81. The number of aryl methyl sites for hydroxylation is 1. The Morgan fingerprint density at radius 2 is 2.00 bits per heavy atom. The van der Waals surface area contributed by atoms with Gasteiger partial charge in [0.05, 0.1) is 18.7 Å². The third-order valence-electron chi connectivity index (χ3n) is 6.70. The smallest absolute Gasteiger partial charge is 0.254 e. The fourth-order valence-electron chi connectivity index (χ4n) is 4.75. The summed E-state index contributed by atoms with van der Waals surface area (Å²) in [6.07, 6.45) is 3.68. The molecule has 162 valence electrons. The van der Waals surface area contributed by atoms with E-state index in [0.717, 1.165) is 36.1 Å². The Morgan fingerprint density at radius 1 is 1.16 bits per heavy atom. The van der Waals surface area contributed by atoms with Crippen LogP contribution in [0.25, 0.3) is 0 Å². The molecule has 1 aromatic heterocycles. The second-order valence-electron chi connectivity index (χ2n) is 9.15. The van der Waals surface area contributed by atoms with Crippen LogP contribution in [0.4, 0.5) is 0 Å². The lowest BCUT2D eigenvalue weighted by Crippen LogP contribution is -2.40. The zero-order chi connectivity index (χ0) is 21.5. The molecule has 1 N–H and O–H groups in total. The van der Waals surface area contributed by atoms with Crippen LogP contribution in [0.5, 0.6) is 0 Å². The fourth-order valence-corrected chi connectivity index (χ4v) is 4.75. The van der Waals surface area contributed by atoms with Crippen molar-refractivity contribution in [2.45, 2.75) is 51.5 Å². The van der Waals surface area contributed by atoms with E-state index in [4.69, 9.17) is 4.98 Å². The second-order valence-corrected chi connectivity index (χ2v) is 9.15. The standard InChI is InChI=1S/C24H28N4O3/c1-15-3-2-4-16(11-15)12-21(29)27-9-7-18(13-27)22-25-20-14-28(24(31)17-5-6-17)10-8-19(20)23(30)26-22/h2-4,11,17-18H,5-10,12-14H2,1H3,(H,25,26,30).